The van der Waals surface area contributed by atoms with Gasteiger partial charge in [0.1, 0.15) is 0 Å². The summed E-state index contributed by atoms with van der Waals surface area (Å²) in [6.45, 7) is 2.16. The number of thiol groups is 1. The molecule has 3 aromatic heterocycles. The van der Waals surface area contributed by atoms with Gasteiger partial charge in [-0.15, -0.1) is 5.10 Å². The fraction of sp³-hybridized carbons (Fsp3) is 0.526. The second-order valence-corrected chi connectivity index (χ2v) is 8.96. The van der Waals surface area contributed by atoms with Crippen LogP contribution in [-0.4, -0.2) is 69.7 Å². The highest BCUT2D eigenvalue weighted by molar-refractivity contribution is 7.72. The summed E-state index contributed by atoms with van der Waals surface area (Å²) >= 11 is 0. The van der Waals surface area contributed by atoms with Gasteiger partial charge in [-0.3, -0.25) is 10.00 Å². The summed E-state index contributed by atoms with van der Waals surface area (Å²) in [7, 11) is -2.37. The Labute approximate surface area is 175 Å². The van der Waals surface area contributed by atoms with Gasteiger partial charge in [-0.05, 0) is 43.7 Å². The van der Waals surface area contributed by atoms with Crippen molar-refractivity contribution in [3.63, 3.8) is 0 Å². The number of H-pyrrole nitrogens is 1. The Hall–Kier alpha value is -2.66. The number of nitrogens with zero attached hydrogens (tertiary/aromatic N) is 5. The van der Waals surface area contributed by atoms with Gasteiger partial charge in [-0.25, -0.2) is 8.42 Å². The second kappa shape index (κ2) is 8.23. The molecule has 3 aromatic rings. The fourth-order valence-electron chi connectivity index (χ4n) is 3.79. The lowest BCUT2D eigenvalue weighted by Gasteiger charge is -2.30. The van der Waals surface area contributed by atoms with Gasteiger partial charge in [0.25, 0.3) is 0 Å². The third-order valence-corrected chi connectivity index (χ3v) is 6.28. The van der Waals surface area contributed by atoms with Gasteiger partial charge in [0.15, 0.2) is 16.4 Å². The summed E-state index contributed by atoms with van der Waals surface area (Å²) < 4.78 is 29.8. The normalized spacial score (nSPS) is 18.3. The number of fused-ring (bicyclic) bond motifs is 1. The van der Waals surface area contributed by atoms with Crippen LogP contribution < -0.4 is 10.1 Å². The standard InChI is InChI=1S/C19H25N7O3S/c27-30(28)12-25-7-5-15(6-8-25)22-19-23-17-4-3-16(14-9-20-21-10-14)18(26(17)24-19)29-11-13-1-2-13/h3-4,9-10,13,15,30H,1-2,5-8,11-12H2,(H,20,21)(H,22,24). The summed E-state index contributed by atoms with van der Waals surface area (Å²) in [5, 5.41) is 15.0. The van der Waals surface area contributed by atoms with Crippen LogP contribution >= 0.6 is 0 Å². The molecule has 5 rings (SSSR count). The van der Waals surface area contributed by atoms with Crippen molar-refractivity contribution in [3.8, 4) is 17.0 Å². The number of hydrogen-bond acceptors (Lipinski definition) is 8. The molecule has 0 spiro atoms. The monoisotopic (exact) mass is 431 g/mol. The third kappa shape index (κ3) is 4.26. The molecule has 11 heteroatoms. The molecule has 2 N–H and O–H groups in total. The van der Waals surface area contributed by atoms with Crippen LogP contribution in [0.2, 0.25) is 0 Å². The minimum Gasteiger partial charge on any atom is -0.477 e. The van der Waals surface area contributed by atoms with Crippen molar-refractivity contribution in [3.05, 3.63) is 24.5 Å². The average molecular weight is 432 g/mol. The molecule has 0 radical (unpaired) electrons. The molecule has 0 bridgehead atoms. The van der Waals surface area contributed by atoms with Crippen LogP contribution in [0, 0.1) is 5.92 Å². The van der Waals surface area contributed by atoms with Crippen LogP contribution in [0.1, 0.15) is 25.7 Å². The number of aromatic nitrogens is 5. The molecular formula is C19H25N7O3S. The Bertz CT molecular complexity index is 1080. The Morgan fingerprint density at radius 1 is 1.20 bits per heavy atom. The molecule has 2 aliphatic rings. The van der Waals surface area contributed by atoms with Crippen molar-refractivity contribution in [2.24, 2.45) is 5.92 Å². The van der Waals surface area contributed by atoms with Crippen LogP contribution in [0.3, 0.4) is 0 Å². The highest BCUT2D eigenvalue weighted by Crippen LogP contribution is 2.34. The molecule has 30 heavy (non-hydrogen) atoms. The highest BCUT2D eigenvalue weighted by Gasteiger charge is 2.25. The molecule has 4 heterocycles. The lowest BCUT2D eigenvalue weighted by molar-refractivity contribution is 0.250. The average Bonchev–Trinajstić information content (AvgIpc) is 3.22. The van der Waals surface area contributed by atoms with Crippen LogP contribution in [0.5, 0.6) is 5.88 Å². The lowest BCUT2D eigenvalue weighted by Crippen LogP contribution is -2.40. The van der Waals surface area contributed by atoms with Gasteiger partial charge in [-0.2, -0.15) is 14.6 Å². The number of nitrogens with one attached hydrogen (secondary N) is 2. The fourth-order valence-corrected chi connectivity index (χ4v) is 4.40. The zero-order valence-corrected chi connectivity index (χ0v) is 17.4. The molecule has 160 valence electrons. The van der Waals surface area contributed by atoms with Gasteiger partial charge in [0, 0.05) is 36.5 Å². The van der Waals surface area contributed by atoms with E-state index in [0.717, 1.165) is 42.7 Å². The molecule has 1 aliphatic carbocycles. The number of hydrogen-bond donors (Lipinski definition) is 3. The van der Waals surface area contributed by atoms with Gasteiger partial charge in [0.2, 0.25) is 11.8 Å². The van der Waals surface area contributed by atoms with Crippen molar-refractivity contribution in [1.29, 1.82) is 0 Å². The smallest absolute Gasteiger partial charge is 0.243 e. The van der Waals surface area contributed by atoms with E-state index in [1.54, 1.807) is 10.7 Å². The molecule has 2 fully saturated rings. The number of piperidine rings is 1. The summed E-state index contributed by atoms with van der Waals surface area (Å²) in [6, 6.07) is 4.13. The zero-order valence-electron chi connectivity index (χ0n) is 16.5. The van der Waals surface area contributed by atoms with E-state index < -0.39 is 10.7 Å². The van der Waals surface area contributed by atoms with Gasteiger partial charge in [0.05, 0.1) is 18.7 Å². The maximum atomic E-state index is 10.9. The molecule has 10 nitrogen and oxygen atoms in total. The zero-order chi connectivity index (χ0) is 20.5. The molecule has 0 amide bonds. The number of aromatic amines is 1. The van der Waals surface area contributed by atoms with Crippen molar-refractivity contribution in [2.45, 2.75) is 31.7 Å². The van der Waals surface area contributed by atoms with E-state index in [9.17, 15) is 8.42 Å². The molecule has 0 aromatic carbocycles. The van der Waals surface area contributed by atoms with Crippen LogP contribution in [0.4, 0.5) is 5.95 Å². The minimum absolute atomic E-state index is 0.132. The Kier molecular flexibility index (Phi) is 5.30. The van der Waals surface area contributed by atoms with E-state index in [1.807, 2.05) is 23.2 Å². The summed E-state index contributed by atoms with van der Waals surface area (Å²) in [6.07, 6.45) is 7.73. The highest BCUT2D eigenvalue weighted by atomic mass is 32.2. The summed E-state index contributed by atoms with van der Waals surface area (Å²) in [5.41, 5.74) is 2.58. The second-order valence-electron chi connectivity index (χ2n) is 8.01. The SMILES string of the molecule is O=[SH](=O)CN1CCC(Nc2nc3ccc(-c4cn[nH]c4)c(OCC4CC4)n3n2)CC1. The quantitative estimate of drug-likeness (QED) is 0.458. The van der Waals surface area contributed by atoms with Crippen molar-refractivity contribution >= 4 is 22.3 Å². The molecule has 0 atom stereocenters. The molecule has 1 saturated carbocycles. The topological polar surface area (TPSA) is 118 Å². The van der Waals surface area contributed by atoms with Gasteiger partial charge in [-0.1, -0.05) is 0 Å². The van der Waals surface area contributed by atoms with Gasteiger partial charge < -0.3 is 10.1 Å². The van der Waals surface area contributed by atoms with Crippen molar-refractivity contribution < 1.29 is 13.2 Å². The first-order chi connectivity index (χ1) is 14.7. The third-order valence-electron chi connectivity index (χ3n) is 5.65. The Balaban J connectivity index is 1.36. The first-order valence-corrected chi connectivity index (χ1v) is 11.6. The predicted octanol–water partition coefficient (Wildman–Crippen LogP) is 1.35. The number of anilines is 1. The predicted molar refractivity (Wildman–Crippen MR) is 112 cm³/mol. The minimum atomic E-state index is -2.37. The van der Waals surface area contributed by atoms with Gasteiger partial charge >= 0.3 is 0 Å². The number of pyridine rings is 1. The first kappa shape index (κ1) is 19.3. The van der Waals surface area contributed by atoms with E-state index in [0.29, 0.717) is 24.4 Å². The van der Waals surface area contributed by atoms with Crippen molar-refractivity contribution in [1.82, 2.24) is 29.7 Å². The maximum Gasteiger partial charge on any atom is 0.243 e. The Morgan fingerprint density at radius 3 is 2.73 bits per heavy atom. The van der Waals surface area contributed by atoms with Crippen LogP contribution in [0.25, 0.3) is 16.8 Å². The van der Waals surface area contributed by atoms with E-state index in [1.165, 1.54) is 12.8 Å². The van der Waals surface area contributed by atoms with E-state index in [2.05, 4.69) is 25.6 Å². The number of likely N-dealkylation sites (tertiary alicyclic amines) is 1. The van der Waals surface area contributed by atoms with E-state index in [-0.39, 0.29) is 11.9 Å². The maximum absolute atomic E-state index is 10.9. The molecular weight excluding hydrogens is 406 g/mol. The van der Waals surface area contributed by atoms with Crippen LogP contribution in [-0.2, 0) is 10.7 Å². The Morgan fingerprint density at radius 2 is 2.03 bits per heavy atom. The summed E-state index contributed by atoms with van der Waals surface area (Å²) in [5.74, 6) is 1.99. The number of ether oxygens (including phenoxy) is 1. The van der Waals surface area contributed by atoms with E-state index in [4.69, 9.17) is 4.74 Å². The van der Waals surface area contributed by atoms with E-state index >= 15 is 0 Å². The molecule has 1 aliphatic heterocycles. The first-order valence-electron chi connectivity index (χ1n) is 10.3. The molecule has 1 saturated heterocycles. The summed E-state index contributed by atoms with van der Waals surface area (Å²) in [4.78, 5) is 6.59. The molecule has 0 unspecified atom stereocenters. The van der Waals surface area contributed by atoms with Crippen LogP contribution in [0.15, 0.2) is 24.5 Å². The largest absolute Gasteiger partial charge is 0.477 e. The number of rotatable bonds is 8. The lowest BCUT2D eigenvalue weighted by atomic mass is 10.1. The van der Waals surface area contributed by atoms with Crippen molar-refractivity contribution in [2.75, 3.05) is 30.9 Å².